The molecule has 0 amide bonds. The molecule has 0 saturated carbocycles. The quantitative estimate of drug-likeness (QED) is 0.202. The van der Waals surface area contributed by atoms with Crippen LogP contribution in [0, 0.1) is 10.8 Å². The summed E-state index contributed by atoms with van der Waals surface area (Å²) in [6.07, 6.45) is -1.50. The predicted molar refractivity (Wildman–Crippen MR) is 58.4 cm³/mol. The van der Waals surface area contributed by atoms with Gasteiger partial charge in [-0.15, -0.1) is 4.91 Å². The number of carbonyl (C=O) groups excluding carboxylic acids is 1. The maximum atomic E-state index is 11.2. The highest BCUT2D eigenvalue weighted by atomic mass is 16.6. The Bertz CT molecular complexity index is 255. The summed E-state index contributed by atoms with van der Waals surface area (Å²) in [6, 6.07) is 0. The Morgan fingerprint density at radius 3 is 2.65 bits per heavy atom. The smallest absolute Gasteiger partial charge is 0.308 e. The van der Waals surface area contributed by atoms with Crippen molar-refractivity contribution in [3.05, 3.63) is 17.7 Å². The monoisotopic (exact) mass is 247 g/mol. The molecule has 2 N–H and O–H groups in total. The van der Waals surface area contributed by atoms with Crippen LogP contribution in [-0.4, -0.2) is 35.3 Å². The van der Waals surface area contributed by atoms with Crippen molar-refractivity contribution in [2.75, 3.05) is 6.61 Å². The number of nitrogens with zero attached hydrogens (tertiary/aromatic N) is 1. The third-order valence-electron chi connectivity index (χ3n) is 1.98. The van der Waals surface area contributed by atoms with Crippen molar-refractivity contribution in [2.45, 2.75) is 32.3 Å². The summed E-state index contributed by atoms with van der Waals surface area (Å²) in [6.45, 7) is 4.81. The fourth-order valence-electron chi connectivity index (χ4n) is 1.20. The summed E-state index contributed by atoms with van der Waals surface area (Å²) in [7, 11) is 0. The number of ether oxygens (including phenoxy) is 2. The number of hydrogen-bond donors (Lipinski definition) is 2. The van der Waals surface area contributed by atoms with Crippen molar-refractivity contribution >= 4 is 5.97 Å². The van der Waals surface area contributed by atoms with Gasteiger partial charge in [0.1, 0.15) is 0 Å². The molecule has 0 aliphatic rings. The summed E-state index contributed by atoms with van der Waals surface area (Å²) in [4.78, 5) is 21.4. The van der Waals surface area contributed by atoms with Crippen LogP contribution < -0.4 is 0 Å². The van der Waals surface area contributed by atoms with Gasteiger partial charge < -0.3 is 19.7 Å². The molecule has 0 aliphatic heterocycles. The van der Waals surface area contributed by atoms with Gasteiger partial charge in [-0.25, -0.2) is 0 Å². The van der Waals surface area contributed by atoms with Gasteiger partial charge in [0.2, 0.25) is 0 Å². The van der Waals surface area contributed by atoms with E-state index in [-0.39, 0.29) is 19.4 Å². The molecule has 0 fully saturated rings. The second kappa shape index (κ2) is 8.66. The Hall–Kier alpha value is -1.47. The van der Waals surface area contributed by atoms with Gasteiger partial charge in [-0.2, -0.15) is 0 Å². The highest BCUT2D eigenvalue weighted by molar-refractivity contribution is 5.69. The highest BCUT2D eigenvalue weighted by Crippen LogP contribution is 2.16. The number of aliphatic hydroxyl groups excluding tert-OH is 2. The third-order valence-corrected chi connectivity index (χ3v) is 1.98. The van der Waals surface area contributed by atoms with Gasteiger partial charge in [0.15, 0.2) is 12.5 Å². The summed E-state index contributed by atoms with van der Waals surface area (Å²) in [5.41, 5.74) is 0. The zero-order valence-corrected chi connectivity index (χ0v) is 9.61. The molecule has 7 nitrogen and oxygen atoms in total. The average Bonchev–Trinajstić information content (AvgIpc) is 2.26. The van der Waals surface area contributed by atoms with Crippen molar-refractivity contribution < 1.29 is 24.5 Å². The fourth-order valence-corrected chi connectivity index (χ4v) is 1.20. The van der Waals surface area contributed by atoms with Crippen molar-refractivity contribution in [3.8, 4) is 0 Å². The summed E-state index contributed by atoms with van der Waals surface area (Å²) >= 11 is 0. The minimum atomic E-state index is -1.51. The van der Waals surface area contributed by atoms with E-state index in [1.54, 1.807) is 0 Å². The zero-order chi connectivity index (χ0) is 13.3. The molecular weight excluding hydrogens is 230 g/mol. The second-order valence-corrected chi connectivity index (χ2v) is 3.40. The Morgan fingerprint density at radius 2 is 2.18 bits per heavy atom. The number of aliphatic hydroxyl groups is 2. The van der Waals surface area contributed by atoms with Gasteiger partial charge in [-0.05, 0) is 18.5 Å². The van der Waals surface area contributed by atoms with Crippen molar-refractivity contribution in [2.24, 2.45) is 11.1 Å². The van der Waals surface area contributed by atoms with Crippen LogP contribution in [0.3, 0.4) is 0 Å². The van der Waals surface area contributed by atoms with E-state index in [0.717, 1.165) is 0 Å². The number of esters is 1. The largest absolute Gasteiger partial charge is 0.502 e. The van der Waals surface area contributed by atoms with Gasteiger partial charge in [0.25, 0.3) is 0 Å². The van der Waals surface area contributed by atoms with Crippen molar-refractivity contribution in [3.63, 3.8) is 0 Å². The molecule has 0 rings (SSSR count). The lowest BCUT2D eigenvalue weighted by Gasteiger charge is -2.17. The standard InChI is InChI=1S/C10H17NO6/c1-3-16-5-4-8(10(14)11-15)6-9(13)17-7(2)12/h3,7-8,10,12,14H,1,4-6H2,2H3. The molecule has 3 unspecified atom stereocenters. The summed E-state index contributed by atoms with van der Waals surface area (Å²) in [5, 5.41) is 20.5. The second-order valence-electron chi connectivity index (χ2n) is 3.40. The van der Waals surface area contributed by atoms with E-state index < -0.39 is 24.4 Å². The highest BCUT2D eigenvalue weighted by Gasteiger charge is 2.24. The van der Waals surface area contributed by atoms with Crippen LogP contribution in [0.4, 0.5) is 0 Å². The first-order chi connectivity index (χ1) is 8.01. The lowest BCUT2D eigenvalue weighted by Crippen LogP contribution is -2.25. The number of carbonyl (C=O) groups is 1. The van der Waals surface area contributed by atoms with Gasteiger partial charge in [-0.1, -0.05) is 6.58 Å². The third kappa shape index (κ3) is 7.42. The topological polar surface area (TPSA) is 105 Å². The molecule has 17 heavy (non-hydrogen) atoms. The Labute approximate surface area is 99.0 Å². The molecule has 0 aromatic rings. The van der Waals surface area contributed by atoms with E-state index in [1.165, 1.54) is 13.2 Å². The van der Waals surface area contributed by atoms with Gasteiger partial charge in [0, 0.05) is 5.92 Å². The van der Waals surface area contributed by atoms with Crippen LogP contribution in [0.1, 0.15) is 19.8 Å². The number of rotatable bonds is 9. The van der Waals surface area contributed by atoms with Gasteiger partial charge >= 0.3 is 5.97 Å². The normalized spacial score (nSPS) is 15.5. The molecule has 3 atom stereocenters. The average molecular weight is 247 g/mol. The predicted octanol–water partition coefficient (Wildman–Crippen LogP) is 0.509. The lowest BCUT2D eigenvalue weighted by atomic mass is 10.0. The minimum absolute atomic E-state index is 0.197. The maximum Gasteiger partial charge on any atom is 0.308 e. The lowest BCUT2D eigenvalue weighted by molar-refractivity contribution is -0.167. The fraction of sp³-hybridized carbons (Fsp3) is 0.700. The Balaban J connectivity index is 4.22. The first kappa shape index (κ1) is 15.5. The molecule has 7 heteroatoms. The van der Waals surface area contributed by atoms with E-state index >= 15 is 0 Å². The van der Waals surface area contributed by atoms with Crippen molar-refractivity contribution in [1.29, 1.82) is 0 Å². The molecule has 0 spiro atoms. The van der Waals surface area contributed by atoms with Crippen LogP contribution in [-0.2, 0) is 14.3 Å². The molecule has 0 heterocycles. The summed E-state index contributed by atoms with van der Waals surface area (Å²) < 4.78 is 9.31. The molecule has 0 bridgehead atoms. The van der Waals surface area contributed by atoms with E-state index in [4.69, 9.17) is 9.84 Å². The van der Waals surface area contributed by atoms with E-state index in [2.05, 4.69) is 16.5 Å². The van der Waals surface area contributed by atoms with E-state index in [1.807, 2.05) is 0 Å². The molecule has 0 radical (unpaired) electrons. The number of hydrogen-bond acceptors (Lipinski definition) is 7. The Morgan fingerprint density at radius 1 is 1.53 bits per heavy atom. The molecule has 0 aromatic carbocycles. The molecule has 98 valence electrons. The first-order valence-corrected chi connectivity index (χ1v) is 5.11. The van der Waals surface area contributed by atoms with Gasteiger partial charge in [-0.3, -0.25) is 4.79 Å². The van der Waals surface area contributed by atoms with E-state index in [0.29, 0.717) is 0 Å². The van der Waals surface area contributed by atoms with E-state index in [9.17, 15) is 14.8 Å². The molecular formula is C10H17NO6. The van der Waals surface area contributed by atoms with Crippen LogP contribution >= 0.6 is 0 Å². The van der Waals surface area contributed by atoms with Crippen LogP contribution in [0.25, 0.3) is 0 Å². The van der Waals surface area contributed by atoms with Crippen LogP contribution in [0.5, 0.6) is 0 Å². The van der Waals surface area contributed by atoms with Crippen LogP contribution in [0.2, 0.25) is 0 Å². The SMILES string of the molecule is C=COCCC(CC(=O)OC(C)O)C(O)N=O. The summed E-state index contributed by atoms with van der Waals surface area (Å²) in [5.74, 6) is -1.43. The van der Waals surface area contributed by atoms with Crippen molar-refractivity contribution in [1.82, 2.24) is 0 Å². The molecule has 0 aliphatic carbocycles. The minimum Gasteiger partial charge on any atom is -0.502 e. The Kier molecular flexibility index (Phi) is 7.91. The zero-order valence-electron chi connectivity index (χ0n) is 9.61. The molecule has 0 aromatic heterocycles. The first-order valence-electron chi connectivity index (χ1n) is 5.11. The molecule has 0 saturated heterocycles. The maximum absolute atomic E-state index is 11.2. The van der Waals surface area contributed by atoms with Gasteiger partial charge in [0.05, 0.1) is 19.3 Å². The van der Waals surface area contributed by atoms with Crippen LogP contribution in [0.15, 0.2) is 18.0 Å². The number of nitroso groups, excluding NO2 is 1.